The number of benzene rings is 1. The first kappa shape index (κ1) is 15.3. The van der Waals surface area contributed by atoms with E-state index in [1.807, 2.05) is 0 Å². The Morgan fingerprint density at radius 2 is 1.81 bits per heavy atom. The second-order valence-electron chi connectivity index (χ2n) is 5.20. The number of anilines is 3. The lowest BCUT2D eigenvalue weighted by Crippen LogP contribution is -2.09. The molecule has 1 heterocycles. The molecule has 0 saturated carbocycles. The lowest BCUT2D eigenvalue weighted by molar-refractivity contribution is 0.949. The van der Waals surface area contributed by atoms with Crippen molar-refractivity contribution in [2.75, 3.05) is 17.2 Å². The van der Waals surface area contributed by atoms with Crippen molar-refractivity contribution in [3.8, 4) is 0 Å². The highest BCUT2D eigenvalue weighted by Gasteiger charge is 2.10. The average Bonchev–Trinajstić information content (AvgIpc) is 2.50. The number of aromatic nitrogens is 2. The smallest absolute Gasteiger partial charge is 0.139 e. The topological polar surface area (TPSA) is 49.8 Å². The zero-order valence-corrected chi connectivity index (χ0v) is 13.3. The first-order chi connectivity index (χ1) is 10.2. The molecule has 0 amide bonds. The summed E-state index contributed by atoms with van der Waals surface area (Å²) >= 11 is 0. The molecule has 0 bridgehead atoms. The van der Waals surface area contributed by atoms with Crippen LogP contribution in [0.3, 0.4) is 0 Å². The summed E-state index contributed by atoms with van der Waals surface area (Å²) in [4.78, 5) is 8.79. The molecule has 0 atom stereocenters. The quantitative estimate of drug-likeness (QED) is 0.833. The highest BCUT2D eigenvalue weighted by atomic mass is 15.1. The van der Waals surface area contributed by atoms with Crippen LogP contribution in [0.2, 0.25) is 0 Å². The van der Waals surface area contributed by atoms with Crippen LogP contribution in [-0.2, 0) is 6.42 Å². The number of nitrogens with zero attached hydrogens (tertiary/aromatic N) is 2. The lowest BCUT2D eigenvalue weighted by Gasteiger charge is -2.16. The summed E-state index contributed by atoms with van der Waals surface area (Å²) in [7, 11) is 0. The van der Waals surface area contributed by atoms with Gasteiger partial charge in [-0.1, -0.05) is 26.0 Å². The van der Waals surface area contributed by atoms with Gasteiger partial charge in [-0.15, -0.1) is 0 Å². The molecule has 0 saturated heterocycles. The molecule has 4 heteroatoms. The minimum atomic E-state index is 0.889. The van der Waals surface area contributed by atoms with Crippen molar-refractivity contribution in [1.29, 1.82) is 0 Å². The van der Waals surface area contributed by atoms with Gasteiger partial charge < -0.3 is 10.6 Å². The van der Waals surface area contributed by atoms with Crippen LogP contribution in [0.1, 0.15) is 37.0 Å². The minimum Gasteiger partial charge on any atom is -0.370 e. The van der Waals surface area contributed by atoms with Gasteiger partial charge in [-0.3, -0.25) is 0 Å². The average molecular weight is 284 g/mol. The maximum absolute atomic E-state index is 4.42. The lowest BCUT2D eigenvalue weighted by atomic mass is 10.1. The first-order valence-electron chi connectivity index (χ1n) is 7.58. The number of hydrogen-bond donors (Lipinski definition) is 2. The third kappa shape index (κ3) is 3.51. The summed E-state index contributed by atoms with van der Waals surface area (Å²) in [5.74, 6) is 1.82. The van der Waals surface area contributed by atoms with Crippen molar-refractivity contribution in [2.24, 2.45) is 0 Å². The fraction of sp³-hybridized carbons (Fsp3) is 0.412. The Bertz CT molecular complexity index is 608. The molecule has 0 aliphatic heterocycles. The third-order valence-electron chi connectivity index (χ3n) is 3.70. The van der Waals surface area contributed by atoms with E-state index in [0.29, 0.717) is 0 Å². The van der Waals surface area contributed by atoms with E-state index in [-0.39, 0.29) is 0 Å². The van der Waals surface area contributed by atoms with Crippen LogP contribution < -0.4 is 10.6 Å². The Labute approximate surface area is 127 Å². The summed E-state index contributed by atoms with van der Waals surface area (Å²) in [5.41, 5.74) is 4.76. The molecule has 2 rings (SSSR count). The Kier molecular flexibility index (Phi) is 5.14. The van der Waals surface area contributed by atoms with Gasteiger partial charge in [-0.25, -0.2) is 9.97 Å². The van der Waals surface area contributed by atoms with Crippen LogP contribution in [0.4, 0.5) is 17.3 Å². The predicted molar refractivity (Wildman–Crippen MR) is 89.4 cm³/mol. The van der Waals surface area contributed by atoms with Crippen molar-refractivity contribution >= 4 is 17.3 Å². The standard InChI is InChI=1S/C17H24N4/c1-5-10-18-16-14(6-2)17(20-11-19-16)21-15-9-7-8-12(3)13(15)4/h7-9,11H,5-6,10H2,1-4H3,(H2,18,19,20,21). The van der Waals surface area contributed by atoms with E-state index in [1.165, 1.54) is 11.1 Å². The predicted octanol–water partition coefficient (Wildman–Crippen LogP) is 4.22. The summed E-state index contributed by atoms with van der Waals surface area (Å²) in [5, 5.41) is 6.83. The van der Waals surface area contributed by atoms with E-state index in [9.17, 15) is 0 Å². The van der Waals surface area contributed by atoms with Crippen molar-refractivity contribution < 1.29 is 0 Å². The Morgan fingerprint density at radius 1 is 1.05 bits per heavy atom. The number of hydrogen-bond acceptors (Lipinski definition) is 4. The maximum atomic E-state index is 4.42. The van der Waals surface area contributed by atoms with Crippen molar-refractivity contribution in [1.82, 2.24) is 9.97 Å². The second kappa shape index (κ2) is 7.07. The van der Waals surface area contributed by atoms with Gasteiger partial charge in [0.05, 0.1) is 0 Å². The Balaban J connectivity index is 2.33. The summed E-state index contributed by atoms with van der Waals surface area (Å²) in [6.07, 6.45) is 3.58. The van der Waals surface area contributed by atoms with Crippen molar-refractivity contribution in [3.63, 3.8) is 0 Å². The Morgan fingerprint density at radius 3 is 2.52 bits per heavy atom. The second-order valence-corrected chi connectivity index (χ2v) is 5.20. The van der Waals surface area contributed by atoms with Gasteiger partial charge in [0.15, 0.2) is 0 Å². The maximum Gasteiger partial charge on any atom is 0.139 e. The zero-order chi connectivity index (χ0) is 15.2. The SMILES string of the molecule is CCCNc1ncnc(Nc2cccc(C)c2C)c1CC. The van der Waals surface area contributed by atoms with Gasteiger partial charge in [0, 0.05) is 17.8 Å². The largest absolute Gasteiger partial charge is 0.370 e. The van der Waals surface area contributed by atoms with Gasteiger partial charge in [0.25, 0.3) is 0 Å². The molecule has 0 fully saturated rings. The zero-order valence-electron chi connectivity index (χ0n) is 13.3. The van der Waals surface area contributed by atoms with Crippen LogP contribution >= 0.6 is 0 Å². The van der Waals surface area contributed by atoms with Gasteiger partial charge in [-0.05, 0) is 43.9 Å². The number of aryl methyl sites for hydroxylation is 1. The molecule has 4 nitrogen and oxygen atoms in total. The molecule has 1 aromatic heterocycles. The summed E-state index contributed by atoms with van der Waals surface area (Å²) in [6, 6.07) is 6.27. The van der Waals surface area contributed by atoms with Crippen molar-refractivity contribution in [2.45, 2.75) is 40.5 Å². The normalized spacial score (nSPS) is 10.5. The fourth-order valence-electron chi connectivity index (χ4n) is 2.26. The number of rotatable bonds is 6. The van der Waals surface area contributed by atoms with E-state index in [0.717, 1.165) is 42.3 Å². The number of nitrogens with one attached hydrogen (secondary N) is 2. The molecule has 1 aromatic carbocycles. The van der Waals surface area contributed by atoms with Gasteiger partial charge in [-0.2, -0.15) is 0 Å². The highest BCUT2D eigenvalue weighted by molar-refractivity contribution is 5.67. The molecule has 112 valence electrons. The van der Waals surface area contributed by atoms with Crippen LogP contribution in [-0.4, -0.2) is 16.5 Å². The molecule has 2 N–H and O–H groups in total. The molecule has 2 aromatic rings. The third-order valence-corrected chi connectivity index (χ3v) is 3.70. The minimum absolute atomic E-state index is 0.889. The molecule has 21 heavy (non-hydrogen) atoms. The van der Waals surface area contributed by atoms with Crippen molar-refractivity contribution in [3.05, 3.63) is 41.2 Å². The molecule has 0 aliphatic rings. The summed E-state index contributed by atoms with van der Waals surface area (Å²) < 4.78 is 0. The molecule has 0 radical (unpaired) electrons. The van der Waals surface area contributed by atoms with Crippen LogP contribution in [0, 0.1) is 13.8 Å². The van der Waals surface area contributed by atoms with E-state index in [4.69, 9.17) is 0 Å². The Hall–Kier alpha value is -2.10. The van der Waals surface area contributed by atoms with Crippen LogP contribution in [0.5, 0.6) is 0 Å². The van der Waals surface area contributed by atoms with E-state index in [2.05, 4.69) is 66.5 Å². The molecule has 0 spiro atoms. The molecule has 0 unspecified atom stereocenters. The molecule has 0 aliphatic carbocycles. The van der Waals surface area contributed by atoms with Gasteiger partial charge in [0.1, 0.15) is 18.0 Å². The monoisotopic (exact) mass is 284 g/mol. The summed E-state index contributed by atoms with van der Waals surface area (Å²) in [6.45, 7) is 9.45. The first-order valence-corrected chi connectivity index (χ1v) is 7.58. The van der Waals surface area contributed by atoms with Crippen LogP contribution in [0.25, 0.3) is 0 Å². The van der Waals surface area contributed by atoms with Gasteiger partial charge >= 0.3 is 0 Å². The van der Waals surface area contributed by atoms with E-state index in [1.54, 1.807) is 6.33 Å². The molecular weight excluding hydrogens is 260 g/mol. The molecular formula is C17H24N4. The fourth-order valence-corrected chi connectivity index (χ4v) is 2.26. The van der Waals surface area contributed by atoms with Gasteiger partial charge in [0.2, 0.25) is 0 Å². The van der Waals surface area contributed by atoms with Crippen LogP contribution in [0.15, 0.2) is 24.5 Å². The highest BCUT2D eigenvalue weighted by Crippen LogP contribution is 2.26. The van der Waals surface area contributed by atoms with E-state index >= 15 is 0 Å². The van der Waals surface area contributed by atoms with E-state index < -0.39 is 0 Å².